The molecular weight excluding hydrogens is 394 g/mol. The fourth-order valence-corrected chi connectivity index (χ4v) is 4.30. The van der Waals surface area contributed by atoms with E-state index in [0.29, 0.717) is 16.3 Å². The van der Waals surface area contributed by atoms with Crippen LogP contribution < -0.4 is 5.48 Å². The van der Waals surface area contributed by atoms with Gasteiger partial charge in [-0.2, -0.15) is 0 Å². The predicted molar refractivity (Wildman–Crippen MR) is 116 cm³/mol. The van der Waals surface area contributed by atoms with Gasteiger partial charge >= 0.3 is 5.97 Å². The monoisotopic (exact) mass is 413 g/mol. The number of allylic oxidation sites excluding steroid dienone is 1. The highest BCUT2D eigenvalue weighted by Gasteiger charge is 2.20. The maximum Gasteiger partial charge on any atom is 0.338 e. The molecule has 0 aliphatic carbocycles. The molecule has 0 spiro atoms. The van der Waals surface area contributed by atoms with Crippen molar-refractivity contribution < 1.29 is 14.4 Å². The number of esters is 1. The van der Waals surface area contributed by atoms with Gasteiger partial charge in [0.1, 0.15) is 6.61 Å². The van der Waals surface area contributed by atoms with E-state index < -0.39 is 0 Å². The number of fused-ring (bicyclic) bond motifs is 1. The standard InChI is InChI=1S/C22H20ClNO3S/c1-4-17(22(25)26-3)21-19(18-10-5-6-11-20(18)28-21)13-27-24-14(2)15-8-7-9-16(23)12-15/h4-12,24H,2,13H2,1,3H3. The van der Waals surface area contributed by atoms with Gasteiger partial charge in [-0.1, -0.05) is 54.6 Å². The molecule has 4 nitrogen and oxygen atoms in total. The summed E-state index contributed by atoms with van der Waals surface area (Å²) in [6.45, 7) is 6.06. The Labute approximate surface area is 173 Å². The lowest BCUT2D eigenvalue weighted by atomic mass is 10.1. The normalized spacial score (nSPS) is 11.5. The van der Waals surface area contributed by atoms with E-state index >= 15 is 0 Å². The summed E-state index contributed by atoms with van der Waals surface area (Å²) in [6, 6.07) is 15.3. The SMILES string of the molecule is C=C(NOCc1c(C(=CC)C(=O)OC)sc2ccccc12)c1cccc(Cl)c1. The van der Waals surface area contributed by atoms with Gasteiger partial charge in [-0.15, -0.1) is 11.3 Å². The average molecular weight is 414 g/mol. The molecule has 28 heavy (non-hydrogen) atoms. The van der Waals surface area contributed by atoms with Crippen molar-refractivity contribution in [2.45, 2.75) is 13.5 Å². The third-order valence-corrected chi connectivity index (χ3v) is 5.70. The van der Waals surface area contributed by atoms with Crippen LogP contribution in [0.15, 0.2) is 61.2 Å². The minimum Gasteiger partial charge on any atom is -0.465 e. The zero-order valence-electron chi connectivity index (χ0n) is 15.6. The first-order valence-electron chi connectivity index (χ1n) is 8.63. The van der Waals surface area contributed by atoms with Crippen LogP contribution in [0.2, 0.25) is 5.02 Å². The molecule has 3 aromatic rings. The van der Waals surface area contributed by atoms with Gasteiger partial charge in [-0.05, 0) is 30.5 Å². The first kappa shape index (κ1) is 20.1. The van der Waals surface area contributed by atoms with Crippen molar-refractivity contribution in [3.63, 3.8) is 0 Å². The van der Waals surface area contributed by atoms with Gasteiger partial charge in [0.25, 0.3) is 0 Å². The van der Waals surface area contributed by atoms with Crippen LogP contribution in [0.5, 0.6) is 0 Å². The van der Waals surface area contributed by atoms with Crippen LogP contribution in [0.1, 0.15) is 22.9 Å². The van der Waals surface area contributed by atoms with Crippen molar-refractivity contribution in [3.8, 4) is 0 Å². The molecule has 144 valence electrons. The van der Waals surface area contributed by atoms with Gasteiger partial charge in [0.05, 0.1) is 18.4 Å². The Morgan fingerprint density at radius 1 is 1.25 bits per heavy atom. The second-order valence-electron chi connectivity index (χ2n) is 5.98. The van der Waals surface area contributed by atoms with Crippen LogP contribution in [0.3, 0.4) is 0 Å². The number of halogens is 1. The molecule has 0 saturated heterocycles. The van der Waals surface area contributed by atoms with Gasteiger partial charge in [0.2, 0.25) is 0 Å². The quantitative estimate of drug-likeness (QED) is 0.301. The first-order chi connectivity index (χ1) is 13.5. The average Bonchev–Trinajstić information content (AvgIpc) is 3.06. The number of ether oxygens (including phenoxy) is 1. The summed E-state index contributed by atoms with van der Waals surface area (Å²) < 4.78 is 6.01. The van der Waals surface area contributed by atoms with Crippen molar-refractivity contribution in [2.24, 2.45) is 0 Å². The molecule has 0 atom stereocenters. The summed E-state index contributed by atoms with van der Waals surface area (Å²) in [5.41, 5.74) is 5.76. The maximum absolute atomic E-state index is 12.2. The highest BCUT2D eigenvalue weighted by Crippen LogP contribution is 2.36. The molecule has 1 N–H and O–H groups in total. The van der Waals surface area contributed by atoms with E-state index in [-0.39, 0.29) is 12.6 Å². The minimum absolute atomic E-state index is 0.257. The van der Waals surface area contributed by atoms with Gasteiger partial charge in [-0.3, -0.25) is 10.3 Å². The fraction of sp³-hybridized carbons (Fsp3) is 0.136. The van der Waals surface area contributed by atoms with E-state index in [1.165, 1.54) is 7.11 Å². The van der Waals surface area contributed by atoms with Gasteiger partial charge < -0.3 is 4.74 Å². The van der Waals surface area contributed by atoms with Crippen LogP contribution >= 0.6 is 22.9 Å². The molecular formula is C22H20ClNO3S. The second-order valence-corrected chi connectivity index (χ2v) is 7.47. The van der Waals surface area contributed by atoms with Crippen LogP contribution in [-0.4, -0.2) is 13.1 Å². The first-order valence-corrected chi connectivity index (χ1v) is 9.82. The fourth-order valence-electron chi connectivity index (χ4n) is 2.84. The Kier molecular flexibility index (Phi) is 6.52. The molecule has 0 unspecified atom stereocenters. The number of hydroxylamine groups is 1. The summed E-state index contributed by atoms with van der Waals surface area (Å²) in [6.07, 6.45) is 1.76. The number of carbonyl (C=O) groups excluding carboxylic acids is 1. The number of hydrogen-bond donors (Lipinski definition) is 1. The molecule has 6 heteroatoms. The molecule has 0 saturated carbocycles. The lowest BCUT2D eigenvalue weighted by molar-refractivity contribution is -0.133. The molecule has 3 rings (SSSR count). The molecule has 0 aliphatic rings. The lowest BCUT2D eigenvalue weighted by Gasteiger charge is -2.12. The van der Waals surface area contributed by atoms with Crippen LogP contribution in [-0.2, 0) is 21.0 Å². The van der Waals surface area contributed by atoms with Gasteiger partial charge in [0, 0.05) is 25.7 Å². The molecule has 2 aromatic carbocycles. The Morgan fingerprint density at radius 2 is 2.04 bits per heavy atom. The molecule has 0 aliphatic heterocycles. The number of methoxy groups -OCH3 is 1. The van der Waals surface area contributed by atoms with Crippen molar-refractivity contribution in [2.75, 3.05) is 7.11 Å². The van der Waals surface area contributed by atoms with Crippen LogP contribution in [0.4, 0.5) is 0 Å². The van der Waals surface area contributed by atoms with Crippen molar-refractivity contribution in [1.82, 2.24) is 5.48 Å². The summed E-state index contributed by atoms with van der Waals surface area (Å²) in [7, 11) is 1.38. The molecule has 0 fully saturated rings. The largest absolute Gasteiger partial charge is 0.465 e. The molecule has 0 bridgehead atoms. The van der Waals surface area contributed by atoms with E-state index in [9.17, 15) is 4.79 Å². The predicted octanol–water partition coefficient (Wildman–Crippen LogP) is 5.82. The number of carbonyl (C=O) groups is 1. The Balaban J connectivity index is 1.84. The third kappa shape index (κ3) is 4.28. The number of nitrogens with one attached hydrogen (secondary N) is 1. The van der Waals surface area contributed by atoms with Crippen molar-refractivity contribution >= 4 is 50.3 Å². The summed E-state index contributed by atoms with van der Waals surface area (Å²) in [5, 5.41) is 1.67. The number of hydrogen-bond acceptors (Lipinski definition) is 5. The van der Waals surface area contributed by atoms with Gasteiger partial charge in [-0.25, -0.2) is 4.79 Å². The van der Waals surface area contributed by atoms with E-state index in [1.54, 1.807) is 29.5 Å². The van der Waals surface area contributed by atoms with E-state index in [4.69, 9.17) is 21.2 Å². The van der Waals surface area contributed by atoms with Gasteiger partial charge in [0.15, 0.2) is 0 Å². The Morgan fingerprint density at radius 3 is 2.75 bits per heavy atom. The minimum atomic E-state index is -0.369. The summed E-state index contributed by atoms with van der Waals surface area (Å²) in [5.74, 6) is -0.369. The molecule has 1 aromatic heterocycles. The molecule has 0 amide bonds. The highest BCUT2D eigenvalue weighted by atomic mass is 35.5. The van der Waals surface area contributed by atoms with Crippen LogP contribution in [0, 0.1) is 0 Å². The third-order valence-electron chi connectivity index (χ3n) is 4.22. The highest BCUT2D eigenvalue weighted by molar-refractivity contribution is 7.20. The van der Waals surface area contributed by atoms with Crippen LogP contribution in [0.25, 0.3) is 21.4 Å². The van der Waals surface area contributed by atoms with Crippen molar-refractivity contribution in [3.05, 3.63) is 82.2 Å². The number of thiophene rings is 1. The molecule has 1 heterocycles. The van der Waals surface area contributed by atoms with E-state index in [0.717, 1.165) is 26.1 Å². The summed E-state index contributed by atoms with van der Waals surface area (Å²) >= 11 is 7.57. The zero-order chi connectivity index (χ0) is 20.1. The van der Waals surface area contributed by atoms with Crippen molar-refractivity contribution in [1.29, 1.82) is 0 Å². The Hall–Kier alpha value is -2.60. The molecule has 0 radical (unpaired) electrons. The number of rotatable bonds is 7. The second kappa shape index (κ2) is 9.06. The summed E-state index contributed by atoms with van der Waals surface area (Å²) in [4.78, 5) is 18.8. The Bertz CT molecular complexity index is 1050. The number of benzene rings is 2. The zero-order valence-corrected chi connectivity index (χ0v) is 17.2. The lowest BCUT2D eigenvalue weighted by Crippen LogP contribution is -2.13. The maximum atomic E-state index is 12.2. The topological polar surface area (TPSA) is 47.6 Å². The smallest absolute Gasteiger partial charge is 0.338 e. The van der Waals surface area contributed by atoms with E-state index in [2.05, 4.69) is 12.1 Å². The van der Waals surface area contributed by atoms with E-state index in [1.807, 2.05) is 43.3 Å².